The smallest absolute Gasteiger partial charge is 0.251 e. The summed E-state index contributed by atoms with van der Waals surface area (Å²) in [6.07, 6.45) is 1.65. The lowest BCUT2D eigenvalue weighted by molar-refractivity contribution is -0.116. The Balaban J connectivity index is 1.93. The van der Waals surface area contributed by atoms with E-state index in [-0.39, 0.29) is 5.91 Å². The zero-order valence-electron chi connectivity index (χ0n) is 11.4. The van der Waals surface area contributed by atoms with E-state index in [1.807, 2.05) is 13.0 Å². The highest BCUT2D eigenvalue weighted by molar-refractivity contribution is 6.31. The van der Waals surface area contributed by atoms with Crippen molar-refractivity contribution in [2.45, 2.75) is 13.0 Å². The number of rotatable bonds is 4. The number of fused-ring (bicyclic) bond motifs is 1. The number of hydrogen-bond donors (Lipinski definition) is 2. The summed E-state index contributed by atoms with van der Waals surface area (Å²) in [6.45, 7) is 2.39. The van der Waals surface area contributed by atoms with Crippen LogP contribution < -0.4 is 15.4 Å². The highest BCUT2D eigenvalue weighted by Gasteiger charge is 2.31. The molecule has 1 aromatic heterocycles. The molecule has 0 spiro atoms. The van der Waals surface area contributed by atoms with Crippen LogP contribution in [0.1, 0.15) is 18.5 Å². The lowest BCUT2D eigenvalue weighted by atomic mass is 10.1. The summed E-state index contributed by atoms with van der Waals surface area (Å²) >= 11 is 6.02. The maximum absolute atomic E-state index is 12.1. The number of nitrogens with zero attached hydrogens (tertiary/aromatic N) is 1. The summed E-state index contributed by atoms with van der Waals surface area (Å²) < 4.78 is 5.46. The number of ether oxygens (including phenoxy) is 1. The Morgan fingerprint density at radius 3 is 3.10 bits per heavy atom. The van der Waals surface area contributed by atoms with E-state index in [2.05, 4.69) is 15.6 Å². The van der Waals surface area contributed by atoms with Crippen LogP contribution in [0.2, 0.25) is 5.02 Å². The standard InChI is InChI=1S/C15H14ClN3O2/c1-2-21-15-12(4-3-7-17-15)18-13-10-8-9(16)5-6-11(10)19-14(13)20/h3-8,13,18H,2H2,1H3,(H,19,20). The average Bonchev–Trinajstić information content (AvgIpc) is 2.77. The SMILES string of the molecule is CCOc1ncccc1NC1C(=O)Nc2ccc(Cl)cc21. The summed E-state index contributed by atoms with van der Waals surface area (Å²) in [5.74, 6) is 0.349. The van der Waals surface area contributed by atoms with Gasteiger partial charge in [0, 0.05) is 22.5 Å². The van der Waals surface area contributed by atoms with Crippen LogP contribution >= 0.6 is 11.6 Å². The molecule has 108 valence electrons. The lowest BCUT2D eigenvalue weighted by Crippen LogP contribution is -2.20. The van der Waals surface area contributed by atoms with Gasteiger partial charge in [0.2, 0.25) is 5.88 Å². The Kier molecular flexibility index (Phi) is 3.66. The monoisotopic (exact) mass is 303 g/mol. The second kappa shape index (κ2) is 5.61. The maximum atomic E-state index is 12.1. The van der Waals surface area contributed by atoms with E-state index >= 15 is 0 Å². The van der Waals surface area contributed by atoms with Crippen molar-refractivity contribution in [3.8, 4) is 5.88 Å². The Morgan fingerprint density at radius 2 is 2.29 bits per heavy atom. The number of halogens is 1. The molecule has 1 aliphatic heterocycles. The van der Waals surface area contributed by atoms with E-state index in [4.69, 9.17) is 16.3 Å². The van der Waals surface area contributed by atoms with Gasteiger partial charge in [-0.2, -0.15) is 0 Å². The fraction of sp³-hybridized carbons (Fsp3) is 0.200. The number of amides is 1. The summed E-state index contributed by atoms with van der Waals surface area (Å²) in [7, 11) is 0. The van der Waals surface area contributed by atoms with Gasteiger partial charge in [-0.15, -0.1) is 0 Å². The third-order valence-corrected chi connectivity index (χ3v) is 3.43. The molecule has 2 aromatic rings. The third kappa shape index (κ3) is 2.64. The molecule has 5 nitrogen and oxygen atoms in total. The zero-order valence-corrected chi connectivity index (χ0v) is 12.1. The highest BCUT2D eigenvalue weighted by atomic mass is 35.5. The van der Waals surface area contributed by atoms with Crippen molar-refractivity contribution in [3.05, 3.63) is 47.1 Å². The van der Waals surface area contributed by atoms with E-state index in [1.165, 1.54) is 0 Å². The highest BCUT2D eigenvalue weighted by Crippen LogP contribution is 2.36. The lowest BCUT2D eigenvalue weighted by Gasteiger charge is -2.15. The number of carbonyl (C=O) groups is 1. The molecule has 2 heterocycles. The Labute approximate surface area is 127 Å². The largest absolute Gasteiger partial charge is 0.476 e. The predicted molar refractivity (Wildman–Crippen MR) is 81.9 cm³/mol. The van der Waals surface area contributed by atoms with Crippen LogP contribution in [0.4, 0.5) is 11.4 Å². The number of hydrogen-bond acceptors (Lipinski definition) is 4. The molecule has 2 N–H and O–H groups in total. The molecule has 6 heteroatoms. The summed E-state index contributed by atoms with van der Waals surface area (Å²) in [4.78, 5) is 16.3. The first-order valence-electron chi connectivity index (χ1n) is 6.63. The average molecular weight is 304 g/mol. The van der Waals surface area contributed by atoms with Crippen LogP contribution in [0, 0.1) is 0 Å². The minimum Gasteiger partial charge on any atom is -0.476 e. The van der Waals surface area contributed by atoms with Crippen molar-refractivity contribution in [2.24, 2.45) is 0 Å². The normalized spacial score (nSPS) is 16.3. The van der Waals surface area contributed by atoms with Gasteiger partial charge in [0.05, 0.1) is 12.3 Å². The molecule has 1 atom stereocenters. The molecule has 1 aromatic carbocycles. The fourth-order valence-corrected chi connectivity index (χ4v) is 2.46. The van der Waals surface area contributed by atoms with E-state index < -0.39 is 6.04 Å². The van der Waals surface area contributed by atoms with Crippen LogP contribution in [0.15, 0.2) is 36.5 Å². The van der Waals surface area contributed by atoms with E-state index in [9.17, 15) is 4.79 Å². The summed E-state index contributed by atoms with van der Waals surface area (Å²) in [6, 6.07) is 8.43. The quantitative estimate of drug-likeness (QED) is 0.910. The third-order valence-electron chi connectivity index (χ3n) is 3.20. The topological polar surface area (TPSA) is 63.2 Å². The van der Waals surface area contributed by atoms with Crippen LogP contribution in [-0.2, 0) is 4.79 Å². The Morgan fingerprint density at radius 1 is 1.43 bits per heavy atom. The molecular weight excluding hydrogens is 290 g/mol. The summed E-state index contributed by atoms with van der Waals surface area (Å²) in [5, 5.41) is 6.59. The van der Waals surface area contributed by atoms with Crippen molar-refractivity contribution in [1.29, 1.82) is 0 Å². The minimum absolute atomic E-state index is 0.126. The number of carbonyl (C=O) groups excluding carboxylic acids is 1. The number of pyridine rings is 1. The number of benzene rings is 1. The van der Waals surface area contributed by atoms with Gasteiger partial charge < -0.3 is 15.4 Å². The first-order valence-corrected chi connectivity index (χ1v) is 7.01. The molecule has 1 amide bonds. The van der Waals surface area contributed by atoms with Gasteiger partial charge in [-0.05, 0) is 37.3 Å². The van der Waals surface area contributed by atoms with Crippen LogP contribution in [-0.4, -0.2) is 17.5 Å². The number of aromatic nitrogens is 1. The van der Waals surface area contributed by atoms with Gasteiger partial charge in [-0.1, -0.05) is 11.6 Å². The first-order chi connectivity index (χ1) is 10.2. The van der Waals surface area contributed by atoms with Gasteiger partial charge >= 0.3 is 0 Å². The fourth-order valence-electron chi connectivity index (χ4n) is 2.28. The van der Waals surface area contributed by atoms with Gasteiger partial charge in [-0.25, -0.2) is 4.98 Å². The van der Waals surface area contributed by atoms with E-state index in [1.54, 1.807) is 30.5 Å². The molecule has 0 radical (unpaired) electrons. The minimum atomic E-state index is -0.512. The molecule has 21 heavy (non-hydrogen) atoms. The second-order valence-corrected chi connectivity index (χ2v) is 5.02. The van der Waals surface area contributed by atoms with E-state index in [0.717, 1.165) is 11.3 Å². The number of anilines is 2. The molecule has 0 bridgehead atoms. The van der Waals surface area contributed by atoms with Gasteiger partial charge in [0.1, 0.15) is 6.04 Å². The molecule has 1 aliphatic rings. The first kappa shape index (κ1) is 13.7. The van der Waals surface area contributed by atoms with E-state index in [0.29, 0.717) is 23.2 Å². The van der Waals surface area contributed by atoms with Crippen molar-refractivity contribution in [3.63, 3.8) is 0 Å². The summed E-state index contributed by atoms with van der Waals surface area (Å²) in [5.41, 5.74) is 2.26. The van der Waals surface area contributed by atoms with Crippen molar-refractivity contribution >= 4 is 28.9 Å². The van der Waals surface area contributed by atoms with Crippen LogP contribution in [0.3, 0.4) is 0 Å². The molecular formula is C15H14ClN3O2. The molecule has 0 fully saturated rings. The van der Waals surface area contributed by atoms with Crippen molar-refractivity contribution in [1.82, 2.24) is 4.98 Å². The van der Waals surface area contributed by atoms with Gasteiger partial charge in [0.15, 0.2) is 0 Å². The molecule has 3 rings (SSSR count). The van der Waals surface area contributed by atoms with Crippen molar-refractivity contribution < 1.29 is 9.53 Å². The second-order valence-electron chi connectivity index (χ2n) is 4.59. The Bertz CT molecular complexity index is 690. The maximum Gasteiger partial charge on any atom is 0.251 e. The predicted octanol–water partition coefficient (Wildman–Crippen LogP) is 3.24. The van der Waals surface area contributed by atoms with Gasteiger partial charge in [0.25, 0.3) is 5.91 Å². The molecule has 0 saturated carbocycles. The zero-order chi connectivity index (χ0) is 14.8. The van der Waals surface area contributed by atoms with Crippen LogP contribution in [0.5, 0.6) is 5.88 Å². The molecule has 0 aliphatic carbocycles. The van der Waals surface area contributed by atoms with Gasteiger partial charge in [-0.3, -0.25) is 4.79 Å². The molecule has 1 unspecified atom stereocenters. The number of nitrogens with one attached hydrogen (secondary N) is 2. The van der Waals surface area contributed by atoms with Crippen molar-refractivity contribution in [2.75, 3.05) is 17.2 Å². The Hall–Kier alpha value is -2.27. The van der Waals surface area contributed by atoms with Crippen LogP contribution in [0.25, 0.3) is 0 Å². The molecule has 0 saturated heterocycles.